The van der Waals surface area contributed by atoms with Crippen LogP contribution in [0.25, 0.3) is 11.0 Å². The van der Waals surface area contributed by atoms with Crippen LogP contribution in [0.2, 0.25) is 0 Å². The van der Waals surface area contributed by atoms with Gasteiger partial charge in [-0.3, -0.25) is 0 Å². The van der Waals surface area contributed by atoms with Gasteiger partial charge in [-0.2, -0.15) is 5.26 Å². The van der Waals surface area contributed by atoms with Crippen LogP contribution in [0.1, 0.15) is 22.4 Å². The fraction of sp³-hybridized carbons (Fsp3) is 0.188. The highest BCUT2D eigenvalue weighted by Gasteiger charge is 2.15. The van der Waals surface area contributed by atoms with Crippen LogP contribution in [0.5, 0.6) is 0 Å². The number of nitrogens with two attached hydrogens (primary N) is 1. The van der Waals surface area contributed by atoms with Gasteiger partial charge in [0.15, 0.2) is 0 Å². The topological polar surface area (TPSA) is 80.5 Å². The van der Waals surface area contributed by atoms with Crippen molar-refractivity contribution in [2.45, 2.75) is 20.4 Å². The Morgan fingerprint density at radius 1 is 1.29 bits per heavy atom. The molecule has 0 amide bonds. The van der Waals surface area contributed by atoms with Gasteiger partial charge in [0.2, 0.25) is 0 Å². The van der Waals surface area contributed by atoms with Gasteiger partial charge in [-0.1, -0.05) is 12.1 Å². The van der Waals surface area contributed by atoms with Gasteiger partial charge in [0.05, 0.1) is 17.0 Å². The van der Waals surface area contributed by atoms with Crippen molar-refractivity contribution < 1.29 is 0 Å². The molecule has 21 heavy (non-hydrogen) atoms. The van der Waals surface area contributed by atoms with Gasteiger partial charge in [-0.25, -0.2) is 9.97 Å². The third-order valence-corrected chi connectivity index (χ3v) is 3.83. The maximum Gasteiger partial charge on any atom is 0.146 e. The van der Waals surface area contributed by atoms with Gasteiger partial charge in [0.25, 0.3) is 0 Å². The van der Waals surface area contributed by atoms with Crippen LogP contribution in [0.4, 0.5) is 5.82 Å². The molecule has 0 aliphatic heterocycles. The molecule has 0 atom stereocenters. The van der Waals surface area contributed by atoms with Crippen LogP contribution >= 0.6 is 0 Å². The van der Waals surface area contributed by atoms with E-state index in [4.69, 9.17) is 11.0 Å². The second kappa shape index (κ2) is 4.91. The summed E-state index contributed by atoms with van der Waals surface area (Å²) in [5.74, 6) is 0.505. The number of nitrogens with zero attached hydrogens (tertiary/aromatic N) is 4. The lowest BCUT2D eigenvalue weighted by atomic mass is 10.1. The number of benzene rings is 1. The third kappa shape index (κ3) is 2.11. The van der Waals surface area contributed by atoms with Crippen LogP contribution in [0.3, 0.4) is 0 Å². The van der Waals surface area contributed by atoms with Crippen molar-refractivity contribution in [2.24, 2.45) is 0 Å². The number of aryl methyl sites for hydroxylation is 1. The second-order valence-electron chi connectivity index (χ2n) is 5.07. The second-order valence-corrected chi connectivity index (χ2v) is 5.07. The Kier molecular flexibility index (Phi) is 3.07. The Bertz CT molecular complexity index is 870. The van der Waals surface area contributed by atoms with Crippen molar-refractivity contribution in [1.82, 2.24) is 14.5 Å². The fourth-order valence-electron chi connectivity index (χ4n) is 2.61. The molecular formula is C16H15N5. The molecular weight excluding hydrogens is 262 g/mol. The van der Waals surface area contributed by atoms with E-state index in [0.717, 1.165) is 27.9 Å². The average Bonchev–Trinajstić information content (AvgIpc) is 2.74. The van der Waals surface area contributed by atoms with E-state index in [-0.39, 0.29) is 0 Å². The van der Waals surface area contributed by atoms with Crippen molar-refractivity contribution in [3.05, 3.63) is 53.0 Å². The Balaban J connectivity index is 2.15. The van der Waals surface area contributed by atoms with Gasteiger partial charge in [-0.05, 0) is 37.1 Å². The lowest BCUT2D eigenvalue weighted by Gasteiger charge is -2.08. The molecule has 3 rings (SSSR count). The summed E-state index contributed by atoms with van der Waals surface area (Å²) in [4.78, 5) is 8.44. The first-order chi connectivity index (χ1) is 10.1. The van der Waals surface area contributed by atoms with Gasteiger partial charge in [0.1, 0.15) is 17.8 Å². The Labute approximate surface area is 122 Å². The van der Waals surface area contributed by atoms with E-state index in [0.29, 0.717) is 17.9 Å². The van der Waals surface area contributed by atoms with E-state index >= 15 is 0 Å². The van der Waals surface area contributed by atoms with E-state index in [2.05, 4.69) is 20.6 Å². The van der Waals surface area contributed by atoms with Crippen LogP contribution in [-0.4, -0.2) is 14.5 Å². The highest BCUT2D eigenvalue weighted by molar-refractivity contribution is 5.90. The monoisotopic (exact) mass is 277 g/mol. The summed E-state index contributed by atoms with van der Waals surface area (Å²) in [6.45, 7) is 4.73. The summed E-state index contributed by atoms with van der Waals surface area (Å²) in [6, 6.07) is 9.76. The van der Waals surface area contributed by atoms with Gasteiger partial charge >= 0.3 is 0 Å². The average molecular weight is 277 g/mol. The van der Waals surface area contributed by atoms with E-state index < -0.39 is 0 Å². The molecule has 2 N–H and O–H groups in total. The molecule has 5 heteroatoms. The predicted octanol–water partition coefficient (Wildman–Crippen LogP) is 2.55. The lowest BCUT2D eigenvalue weighted by Crippen LogP contribution is -2.03. The number of aromatic nitrogens is 3. The van der Waals surface area contributed by atoms with Gasteiger partial charge in [-0.15, -0.1) is 0 Å². The first kappa shape index (κ1) is 13.1. The Morgan fingerprint density at radius 2 is 2.10 bits per heavy atom. The van der Waals surface area contributed by atoms with Crippen molar-refractivity contribution >= 4 is 16.9 Å². The SMILES string of the molecule is Cc1c(C)n(Cc2cccc(C#N)c2)c2ncnc(N)c12. The molecule has 0 unspecified atom stereocenters. The van der Waals surface area contributed by atoms with E-state index in [1.807, 2.05) is 32.0 Å². The number of hydrogen-bond donors (Lipinski definition) is 1. The van der Waals surface area contributed by atoms with Crippen LogP contribution in [0, 0.1) is 25.2 Å². The normalized spacial score (nSPS) is 10.7. The zero-order valence-electron chi connectivity index (χ0n) is 12.0. The molecule has 2 heterocycles. The fourth-order valence-corrected chi connectivity index (χ4v) is 2.61. The zero-order chi connectivity index (χ0) is 15.0. The van der Waals surface area contributed by atoms with Crippen molar-refractivity contribution in [3.63, 3.8) is 0 Å². The minimum absolute atomic E-state index is 0.505. The number of hydrogen-bond acceptors (Lipinski definition) is 4. The Morgan fingerprint density at radius 3 is 2.86 bits per heavy atom. The molecule has 0 radical (unpaired) electrons. The van der Waals surface area contributed by atoms with E-state index in [1.54, 1.807) is 6.07 Å². The molecule has 3 aromatic rings. The standard InChI is InChI=1S/C16H15N5/c1-10-11(2)21(16-14(10)15(18)19-9-20-16)8-13-5-3-4-12(6-13)7-17/h3-6,9H,8H2,1-2H3,(H2,18,19,20). The molecule has 0 saturated carbocycles. The molecule has 5 nitrogen and oxygen atoms in total. The molecule has 0 aliphatic carbocycles. The zero-order valence-corrected chi connectivity index (χ0v) is 12.0. The number of nitriles is 1. The molecule has 0 aliphatic rings. The summed E-state index contributed by atoms with van der Waals surface area (Å²) >= 11 is 0. The Hall–Kier alpha value is -2.87. The number of fused-ring (bicyclic) bond motifs is 1. The molecule has 0 saturated heterocycles. The van der Waals surface area contributed by atoms with Gasteiger partial charge < -0.3 is 10.3 Å². The maximum atomic E-state index is 9.00. The minimum Gasteiger partial charge on any atom is -0.383 e. The van der Waals surface area contributed by atoms with E-state index in [9.17, 15) is 0 Å². The molecule has 104 valence electrons. The number of anilines is 1. The molecule has 2 aromatic heterocycles. The molecule has 0 spiro atoms. The first-order valence-corrected chi connectivity index (χ1v) is 6.66. The molecule has 0 fully saturated rings. The minimum atomic E-state index is 0.505. The maximum absolute atomic E-state index is 9.00. The lowest BCUT2D eigenvalue weighted by molar-refractivity contribution is 0.789. The van der Waals surface area contributed by atoms with Gasteiger partial charge in [0, 0.05) is 12.2 Å². The highest BCUT2D eigenvalue weighted by Crippen LogP contribution is 2.27. The summed E-state index contributed by atoms with van der Waals surface area (Å²) < 4.78 is 2.11. The number of nitrogen functional groups attached to an aromatic ring is 1. The summed E-state index contributed by atoms with van der Waals surface area (Å²) in [5, 5.41) is 9.91. The summed E-state index contributed by atoms with van der Waals surface area (Å²) in [6.07, 6.45) is 1.48. The largest absolute Gasteiger partial charge is 0.383 e. The van der Waals surface area contributed by atoms with Crippen molar-refractivity contribution in [3.8, 4) is 6.07 Å². The van der Waals surface area contributed by atoms with Crippen LogP contribution in [-0.2, 0) is 6.54 Å². The number of rotatable bonds is 2. The molecule has 0 bridgehead atoms. The third-order valence-electron chi connectivity index (χ3n) is 3.83. The van der Waals surface area contributed by atoms with Crippen LogP contribution in [0.15, 0.2) is 30.6 Å². The van der Waals surface area contributed by atoms with Crippen LogP contribution < -0.4 is 5.73 Å². The van der Waals surface area contributed by atoms with Crippen molar-refractivity contribution in [1.29, 1.82) is 5.26 Å². The predicted molar refractivity (Wildman–Crippen MR) is 81.7 cm³/mol. The summed E-state index contributed by atoms with van der Waals surface area (Å²) in [5.41, 5.74) is 10.7. The highest BCUT2D eigenvalue weighted by atomic mass is 15.1. The quantitative estimate of drug-likeness (QED) is 0.780. The summed E-state index contributed by atoms with van der Waals surface area (Å²) in [7, 11) is 0. The molecule has 1 aromatic carbocycles. The first-order valence-electron chi connectivity index (χ1n) is 6.66. The van der Waals surface area contributed by atoms with E-state index in [1.165, 1.54) is 6.33 Å². The van der Waals surface area contributed by atoms with Crippen molar-refractivity contribution in [2.75, 3.05) is 5.73 Å². The smallest absolute Gasteiger partial charge is 0.146 e.